The molecule has 1 aliphatic heterocycles. The fourth-order valence-electron chi connectivity index (χ4n) is 2.53. The first-order valence-corrected chi connectivity index (χ1v) is 8.38. The molecule has 0 radical (unpaired) electrons. The first kappa shape index (κ1) is 16.8. The Balaban J connectivity index is 1.51. The van der Waals surface area contributed by atoms with Gasteiger partial charge in [-0.25, -0.2) is 9.97 Å². The third-order valence-electron chi connectivity index (χ3n) is 3.85. The van der Waals surface area contributed by atoms with Crippen molar-refractivity contribution in [2.24, 2.45) is 0 Å². The monoisotopic (exact) mass is 365 g/mol. The molecule has 1 aromatic carbocycles. The third kappa shape index (κ3) is 3.88. The highest BCUT2D eigenvalue weighted by molar-refractivity contribution is 6.43. The smallest absolute Gasteiger partial charge is 0.241 e. The summed E-state index contributed by atoms with van der Waals surface area (Å²) in [6.07, 6.45) is 3.44. The van der Waals surface area contributed by atoms with E-state index in [0.29, 0.717) is 47.9 Å². The zero-order chi connectivity index (χ0) is 16.9. The van der Waals surface area contributed by atoms with Gasteiger partial charge in [0.15, 0.2) is 0 Å². The van der Waals surface area contributed by atoms with Crippen LogP contribution in [-0.4, -0.2) is 53.5 Å². The molecule has 1 amide bonds. The van der Waals surface area contributed by atoms with Gasteiger partial charge < -0.3 is 15.1 Å². The quantitative estimate of drug-likeness (QED) is 0.901. The zero-order valence-electron chi connectivity index (χ0n) is 13.0. The van der Waals surface area contributed by atoms with Crippen LogP contribution in [0.25, 0.3) is 0 Å². The molecule has 1 saturated heterocycles. The van der Waals surface area contributed by atoms with Crippen molar-refractivity contribution in [2.45, 2.75) is 0 Å². The first-order valence-electron chi connectivity index (χ1n) is 7.63. The van der Waals surface area contributed by atoms with Crippen LogP contribution in [0.5, 0.6) is 0 Å². The van der Waals surface area contributed by atoms with Crippen molar-refractivity contribution in [1.29, 1.82) is 0 Å². The average molecular weight is 366 g/mol. The van der Waals surface area contributed by atoms with Crippen molar-refractivity contribution in [3.05, 3.63) is 46.7 Å². The maximum atomic E-state index is 12.3. The van der Waals surface area contributed by atoms with Crippen LogP contribution in [-0.2, 0) is 4.79 Å². The second kappa shape index (κ2) is 7.68. The number of benzene rings is 1. The molecule has 0 spiro atoms. The van der Waals surface area contributed by atoms with Gasteiger partial charge in [-0.15, -0.1) is 0 Å². The van der Waals surface area contributed by atoms with Crippen molar-refractivity contribution in [3.63, 3.8) is 0 Å². The molecule has 0 aliphatic carbocycles. The predicted molar refractivity (Wildman–Crippen MR) is 95.8 cm³/mol. The van der Waals surface area contributed by atoms with Crippen molar-refractivity contribution >= 4 is 40.7 Å². The minimum Gasteiger partial charge on any atom is -0.375 e. The normalized spacial score (nSPS) is 14.6. The van der Waals surface area contributed by atoms with Crippen molar-refractivity contribution in [1.82, 2.24) is 14.9 Å². The molecule has 1 fully saturated rings. The largest absolute Gasteiger partial charge is 0.375 e. The zero-order valence-corrected chi connectivity index (χ0v) is 14.5. The molecule has 0 unspecified atom stereocenters. The molecule has 1 aliphatic rings. The van der Waals surface area contributed by atoms with Crippen LogP contribution >= 0.6 is 23.2 Å². The van der Waals surface area contributed by atoms with Crippen LogP contribution in [0.15, 0.2) is 36.7 Å². The fourth-order valence-corrected chi connectivity index (χ4v) is 2.90. The number of carbonyl (C=O) groups excluding carboxylic acids is 1. The summed E-state index contributed by atoms with van der Waals surface area (Å²) in [5.41, 5.74) is 0.661. The molecular formula is C16H17Cl2N5O. The summed E-state index contributed by atoms with van der Waals surface area (Å²) in [5, 5.41) is 3.94. The van der Waals surface area contributed by atoms with E-state index in [-0.39, 0.29) is 12.5 Å². The minimum absolute atomic E-state index is 0.0275. The molecule has 126 valence electrons. The van der Waals surface area contributed by atoms with Gasteiger partial charge in [-0.3, -0.25) is 4.79 Å². The number of anilines is 2. The Hall–Kier alpha value is -2.05. The lowest BCUT2D eigenvalue weighted by Crippen LogP contribution is -2.50. The number of piperazine rings is 1. The standard InChI is InChI=1S/C16H17Cl2N5O/c17-12-3-1-4-13(15(12)18)21-11-14(24)22-7-9-23(10-8-22)16-19-5-2-6-20-16/h1-6,21H,7-11H2. The lowest BCUT2D eigenvalue weighted by Gasteiger charge is -2.34. The third-order valence-corrected chi connectivity index (χ3v) is 4.67. The van der Waals surface area contributed by atoms with Gasteiger partial charge in [0.25, 0.3) is 0 Å². The van der Waals surface area contributed by atoms with E-state index in [1.165, 1.54) is 0 Å². The lowest BCUT2D eigenvalue weighted by atomic mass is 10.3. The van der Waals surface area contributed by atoms with E-state index in [0.717, 1.165) is 0 Å². The Bertz CT molecular complexity index is 705. The lowest BCUT2D eigenvalue weighted by molar-refractivity contribution is -0.129. The number of hydrogen-bond acceptors (Lipinski definition) is 5. The number of halogens is 2. The molecule has 0 atom stereocenters. The average Bonchev–Trinajstić information content (AvgIpc) is 2.63. The Labute approximate surface area is 150 Å². The Morgan fingerprint density at radius 2 is 1.79 bits per heavy atom. The van der Waals surface area contributed by atoms with Gasteiger partial charge in [-0.1, -0.05) is 29.3 Å². The predicted octanol–water partition coefficient (Wildman–Crippen LogP) is 2.54. The van der Waals surface area contributed by atoms with Crippen molar-refractivity contribution in [3.8, 4) is 0 Å². The molecule has 8 heteroatoms. The van der Waals surface area contributed by atoms with Crippen LogP contribution in [0.2, 0.25) is 10.0 Å². The maximum Gasteiger partial charge on any atom is 0.241 e. The van der Waals surface area contributed by atoms with Crippen LogP contribution in [0.4, 0.5) is 11.6 Å². The molecular weight excluding hydrogens is 349 g/mol. The molecule has 6 nitrogen and oxygen atoms in total. The highest BCUT2D eigenvalue weighted by Crippen LogP contribution is 2.29. The SMILES string of the molecule is O=C(CNc1cccc(Cl)c1Cl)N1CCN(c2ncccn2)CC1. The summed E-state index contributed by atoms with van der Waals surface area (Å²) < 4.78 is 0. The van der Waals surface area contributed by atoms with Gasteiger partial charge in [0.1, 0.15) is 0 Å². The molecule has 0 bridgehead atoms. The van der Waals surface area contributed by atoms with E-state index in [1.807, 2.05) is 4.90 Å². The highest BCUT2D eigenvalue weighted by Gasteiger charge is 2.22. The minimum atomic E-state index is 0.0275. The van der Waals surface area contributed by atoms with Gasteiger partial charge in [0, 0.05) is 38.6 Å². The van der Waals surface area contributed by atoms with E-state index in [9.17, 15) is 4.79 Å². The summed E-state index contributed by atoms with van der Waals surface area (Å²) in [6.45, 7) is 2.90. The van der Waals surface area contributed by atoms with Gasteiger partial charge in [0.2, 0.25) is 11.9 Å². The molecule has 24 heavy (non-hydrogen) atoms. The number of carbonyl (C=O) groups is 1. The molecule has 3 rings (SSSR count). The molecule has 2 aromatic rings. The van der Waals surface area contributed by atoms with Gasteiger partial charge in [-0.2, -0.15) is 0 Å². The molecule has 0 saturated carbocycles. The number of nitrogens with zero attached hydrogens (tertiary/aromatic N) is 4. The van der Waals surface area contributed by atoms with Crippen LogP contribution < -0.4 is 10.2 Å². The highest BCUT2D eigenvalue weighted by atomic mass is 35.5. The number of nitrogens with one attached hydrogen (secondary N) is 1. The summed E-state index contributed by atoms with van der Waals surface area (Å²) in [5.74, 6) is 0.730. The topological polar surface area (TPSA) is 61.4 Å². The van der Waals surface area contributed by atoms with Gasteiger partial charge in [-0.05, 0) is 18.2 Å². The van der Waals surface area contributed by atoms with Crippen molar-refractivity contribution in [2.75, 3.05) is 42.9 Å². The van der Waals surface area contributed by atoms with E-state index < -0.39 is 0 Å². The maximum absolute atomic E-state index is 12.3. The Morgan fingerprint density at radius 1 is 1.08 bits per heavy atom. The first-order chi connectivity index (χ1) is 11.6. The molecule has 1 N–H and O–H groups in total. The van der Waals surface area contributed by atoms with Gasteiger partial charge in [0.05, 0.1) is 22.3 Å². The number of rotatable bonds is 4. The van der Waals surface area contributed by atoms with Crippen LogP contribution in [0.1, 0.15) is 0 Å². The molecule has 2 heterocycles. The van der Waals surface area contributed by atoms with E-state index >= 15 is 0 Å². The van der Waals surface area contributed by atoms with E-state index in [4.69, 9.17) is 23.2 Å². The van der Waals surface area contributed by atoms with Crippen molar-refractivity contribution < 1.29 is 4.79 Å². The second-order valence-corrected chi connectivity index (χ2v) is 6.16. The van der Waals surface area contributed by atoms with E-state index in [1.54, 1.807) is 36.7 Å². The summed E-state index contributed by atoms with van der Waals surface area (Å²) >= 11 is 12.1. The number of aromatic nitrogens is 2. The molecule has 1 aromatic heterocycles. The van der Waals surface area contributed by atoms with Crippen LogP contribution in [0.3, 0.4) is 0 Å². The fraction of sp³-hybridized carbons (Fsp3) is 0.312. The van der Waals surface area contributed by atoms with E-state index in [2.05, 4.69) is 20.2 Å². The Morgan fingerprint density at radius 3 is 2.50 bits per heavy atom. The second-order valence-electron chi connectivity index (χ2n) is 5.37. The van der Waals surface area contributed by atoms with Crippen LogP contribution in [0, 0.1) is 0 Å². The van der Waals surface area contributed by atoms with Gasteiger partial charge >= 0.3 is 0 Å². The number of hydrogen-bond donors (Lipinski definition) is 1. The number of amides is 1. The summed E-state index contributed by atoms with van der Waals surface area (Å²) in [6, 6.07) is 7.09. The summed E-state index contributed by atoms with van der Waals surface area (Å²) in [4.78, 5) is 24.7. The Kier molecular flexibility index (Phi) is 5.37. The summed E-state index contributed by atoms with van der Waals surface area (Å²) in [7, 11) is 0.